The van der Waals surface area contributed by atoms with E-state index in [0.29, 0.717) is 6.61 Å². The van der Waals surface area contributed by atoms with Gasteiger partial charge in [-0.25, -0.2) is 0 Å². The van der Waals surface area contributed by atoms with Crippen LogP contribution < -0.4 is 0 Å². The summed E-state index contributed by atoms with van der Waals surface area (Å²) < 4.78 is 30.2. The van der Waals surface area contributed by atoms with Crippen molar-refractivity contribution in [3.8, 4) is 0 Å². The number of ether oxygens (including phenoxy) is 4. The predicted octanol–water partition coefficient (Wildman–Crippen LogP) is 10.2. The summed E-state index contributed by atoms with van der Waals surface area (Å²) in [4.78, 5) is 0. The fourth-order valence-corrected chi connectivity index (χ4v) is 6.34. The minimum atomic E-state index is -1.83. The number of aliphatic hydroxyl groups is 1. The van der Waals surface area contributed by atoms with Crippen LogP contribution >= 0.6 is 0 Å². The second-order valence-electron chi connectivity index (χ2n) is 16.8. The molecular formula is C40H66O6Si. The SMILES string of the molecule is CC(C)(C)c1ccc(C(CO)OC2CCCCO2)cc1.CC(C)(C)c1ccc(C(CO[Si](C)(C)C(C)(C)C)OC2CCCCO2)cc1. The Balaban J connectivity index is 0.000000267. The highest BCUT2D eigenvalue weighted by molar-refractivity contribution is 6.74. The smallest absolute Gasteiger partial charge is 0.192 e. The molecule has 2 aliphatic rings. The summed E-state index contributed by atoms with van der Waals surface area (Å²) in [5.41, 5.74) is 5.10. The first-order valence-corrected chi connectivity index (χ1v) is 20.8. The molecule has 4 atom stereocenters. The molecule has 2 heterocycles. The van der Waals surface area contributed by atoms with Gasteiger partial charge in [0.2, 0.25) is 0 Å². The van der Waals surface area contributed by atoms with Gasteiger partial charge in [0.05, 0.1) is 13.2 Å². The van der Waals surface area contributed by atoms with E-state index >= 15 is 0 Å². The Morgan fingerprint density at radius 3 is 1.40 bits per heavy atom. The molecule has 0 aliphatic carbocycles. The van der Waals surface area contributed by atoms with Crippen molar-refractivity contribution in [2.24, 2.45) is 0 Å². The maximum atomic E-state index is 9.56. The molecule has 47 heavy (non-hydrogen) atoms. The van der Waals surface area contributed by atoms with Crippen molar-refractivity contribution < 1.29 is 28.5 Å². The minimum Gasteiger partial charge on any atom is -0.414 e. The van der Waals surface area contributed by atoms with Crippen LogP contribution in [0.4, 0.5) is 0 Å². The molecule has 2 aromatic carbocycles. The summed E-state index contributed by atoms with van der Waals surface area (Å²) >= 11 is 0. The molecule has 6 nitrogen and oxygen atoms in total. The van der Waals surface area contributed by atoms with Gasteiger partial charge in [-0.2, -0.15) is 0 Å². The van der Waals surface area contributed by atoms with Gasteiger partial charge in [-0.15, -0.1) is 0 Å². The van der Waals surface area contributed by atoms with Gasteiger partial charge in [-0.1, -0.05) is 111 Å². The van der Waals surface area contributed by atoms with Crippen molar-refractivity contribution in [1.82, 2.24) is 0 Å². The second-order valence-corrected chi connectivity index (χ2v) is 21.6. The van der Waals surface area contributed by atoms with Crippen LogP contribution in [0.25, 0.3) is 0 Å². The Morgan fingerprint density at radius 2 is 1.06 bits per heavy atom. The zero-order valence-corrected chi connectivity index (χ0v) is 32.5. The minimum absolute atomic E-state index is 0.0191. The van der Waals surface area contributed by atoms with Gasteiger partial charge in [0, 0.05) is 13.2 Å². The van der Waals surface area contributed by atoms with Crippen LogP contribution in [0.1, 0.15) is 135 Å². The Labute approximate surface area is 288 Å². The quantitative estimate of drug-likeness (QED) is 0.254. The van der Waals surface area contributed by atoms with Crippen LogP contribution in [-0.2, 0) is 34.2 Å². The highest BCUT2D eigenvalue weighted by Gasteiger charge is 2.38. The van der Waals surface area contributed by atoms with Crippen molar-refractivity contribution in [2.45, 2.75) is 155 Å². The van der Waals surface area contributed by atoms with Crippen molar-refractivity contribution in [2.75, 3.05) is 26.4 Å². The number of hydrogen-bond acceptors (Lipinski definition) is 6. The second kappa shape index (κ2) is 17.4. The topological polar surface area (TPSA) is 66.4 Å². The zero-order valence-electron chi connectivity index (χ0n) is 31.5. The molecule has 1 N–H and O–H groups in total. The average Bonchev–Trinajstić information content (AvgIpc) is 3.02. The Bertz CT molecular complexity index is 1160. The van der Waals surface area contributed by atoms with Crippen LogP contribution in [0.5, 0.6) is 0 Å². The first-order valence-electron chi connectivity index (χ1n) is 17.9. The molecule has 0 aromatic heterocycles. The molecule has 0 spiro atoms. The molecule has 0 radical (unpaired) electrons. The van der Waals surface area contributed by atoms with E-state index in [1.54, 1.807) is 0 Å². The number of aliphatic hydroxyl groups excluding tert-OH is 1. The van der Waals surface area contributed by atoms with E-state index in [4.69, 9.17) is 23.4 Å². The molecule has 4 rings (SSSR count). The van der Waals surface area contributed by atoms with Crippen molar-refractivity contribution in [3.63, 3.8) is 0 Å². The molecule has 2 fully saturated rings. The average molecular weight is 671 g/mol. The molecule has 2 saturated heterocycles. The molecule has 7 heteroatoms. The molecule has 4 unspecified atom stereocenters. The molecule has 2 aromatic rings. The van der Waals surface area contributed by atoms with E-state index in [2.05, 4.69) is 112 Å². The fourth-order valence-electron chi connectivity index (χ4n) is 5.34. The summed E-state index contributed by atoms with van der Waals surface area (Å²) in [6, 6.07) is 17.2. The molecule has 0 bridgehead atoms. The summed E-state index contributed by atoms with van der Waals surface area (Å²) in [5, 5.41) is 9.75. The third-order valence-electron chi connectivity index (χ3n) is 9.77. The molecular weight excluding hydrogens is 605 g/mol. The van der Waals surface area contributed by atoms with Crippen LogP contribution in [0.2, 0.25) is 18.1 Å². The van der Waals surface area contributed by atoms with E-state index in [-0.39, 0.29) is 47.3 Å². The van der Waals surface area contributed by atoms with E-state index < -0.39 is 8.32 Å². The summed E-state index contributed by atoms with van der Waals surface area (Å²) in [7, 11) is -1.83. The van der Waals surface area contributed by atoms with Crippen molar-refractivity contribution >= 4 is 8.32 Å². The lowest BCUT2D eigenvalue weighted by molar-refractivity contribution is -0.196. The number of rotatable bonds is 10. The monoisotopic (exact) mass is 670 g/mol. The van der Waals surface area contributed by atoms with Gasteiger partial charge in [0.1, 0.15) is 12.2 Å². The first-order chi connectivity index (χ1) is 21.9. The van der Waals surface area contributed by atoms with E-state index in [9.17, 15) is 5.11 Å². The number of benzene rings is 2. The van der Waals surface area contributed by atoms with Crippen molar-refractivity contribution in [3.05, 3.63) is 70.8 Å². The third kappa shape index (κ3) is 12.7. The van der Waals surface area contributed by atoms with E-state index in [0.717, 1.165) is 50.9 Å². The lowest BCUT2D eigenvalue weighted by Gasteiger charge is -2.38. The summed E-state index contributed by atoms with van der Waals surface area (Å²) in [6.45, 7) is 26.8. The van der Waals surface area contributed by atoms with E-state index in [1.807, 2.05) is 12.1 Å². The fraction of sp³-hybridized carbons (Fsp3) is 0.700. The highest BCUT2D eigenvalue weighted by Crippen LogP contribution is 2.38. The van der Waals surface area contributed by atoms with E-state index in [1.165, 1.54) is 23.1 Å². The normalized spacial score (nSPS) is 21.0. The Kier molecular flexibility index (Phi) is 14.7. The maximum absolute atomic E-state index is 9.56. The van der Waals surface area contributed by atoms with Crippen LogP contribution in [0, 0.1) is 0 Å². The Hall–Kier alpha value is -1.58. The molecule has 266 valence electrons. The maximum Gasteiger partial charge on any atom is 0.192 e. The van der Waals surface area contributed by atoms with Crippen LogP contribution in [-0.4, -0.2) is 52.4 Å². The summed E-state index contributed by atoms with van der Waals surface area (Å²) in [5.74, 6) is 0. The van der Waals surface area contributed by atoms with Crippen LogP contribution in [0.15, 0.2) is 48.5 Å². The van der Waals surface area contributed by atoms with Crippen molar-refractivity contribution in [1.29, 1.82) is 0 Å². The third-order valence-corrected chi connectivity index (χ3v) is 14.3. The van der Waals surface area contributed by atoms with Gasteiger partial charge in [0.15, 0.2) is 20.9 Å². The lowest BCUT2D eigenvalue weighted by atomic mass is 9.86. The zero-order chi connectivity index (χ0) is 34.9. The molecule has 0 amide bonds. The standard InChI is InChI=1S/C23H40O3Si.C17H26O3/c1-22(2,3)19-14-12-18(13-15-19)20(26-21-11-9-10-16-24-21)17-25-27(7,8)23(4,5)6;1-17(2,3)14-9-7-13(8-10-14)15(12-18)20-16-6-4-5-11-19-16/h12-15,20-21H,9-11,16-17H2,1-8H3;7-10,15-16,18H,4-6,11-12H2,1-3H3. The highest BCUT2D eigenvalue weighted by atomic mass is 28.4. The lowest BCUT2D eigenvalue weighted by Crippen LogP contribution is -2.42. The summed E-state index contributed by atoms with van der Waals surface area (Å²) in [6.07, 6.45) is 5.73. The van der Waals surface area contributed by atoms with Gasteiger partial charge < -0.3 is 28.5 Å². The molecule has 2 aliphatic heterocycles. The largest absolute Gasteiger partial charge is 0.414 e. The van der Waals surface area contributed by atoms with Gasteiger partial charge in [-0.3, -0.25) is 0 Å². The first kappa shape index (κ1) is 39.9. The van der Waals surface area contributed by atoms with Gasteiger partial charge in [-0.05, 0) is 89.7 Å². The van der Waals surface area contributed by atoms with Crippen LogP contribution in [0.3, 0.4) is 0 Å². The van der Waals surface area contributed by atoms with Gasteiger partial charge in [0.25, 0.3) is 0 Å². The van der Waals surface area contributed by atoms with Gasteiger partial charge >= 0.3 is 0 Å². The predicted molar refractivity (Wildman–Crippen MR) is 195 cm³/mol. The Morgan fingerprint density at radius 1 is 0.660 bits per heavy atom. The number of hydrogen-bond donors (Lipinski definition) is 1. The molecule has 0 saturated carbocycles.